The number of nitrogens with one attached hydrogen (secondary N) is 1. The van der Waals surface area contributed by atoms with E-state index in [0.717, 1.165) is 0 Å². The molecule has 0 aliphatic carbocycles. The molecule has 0 aliphatic heterocycles. The predicted octanol–water partition coefficient (Wildman–Crippen LogP) is 0.376. The van der Waals surface area contributed by atoms with Crippen LogP contribution in [0.15, 0.2) is 0 Å². The third-order valence-electron chi connectivity index (χ3n) is 1.47. The largest absolute Gasteiger partial charge is 0.371 e. The van der Waals surface area contributed by atoms with Gasteiger partial charge in [0.15, 0.2) is 0 Å². The minimum Gasteiger partial charge on any atom is -0.371 e. The van der Waals surface area contributed by atoms with E-state index >= 15 is 0 Å². The van der Waals surface area contributed by atoms with E-state index in [2.05, 4.69) is 5.32 Å². The zero-order valence-electron chi connectivity index (χ0n) is 7.51. The van der Waals surface area contributed by atoms with Crippen LogP contribution in [0.2, 0.25) is 0 Å². The molecule has 0 heterocycles. The standard InChI is InChI=1S/C7H16N2O2/c1-5-7(2,11)8-6(10)9(3)4/h11H,5H2,1-4H3,(H,8,10). The van der Waals surface area contributed by atoms with Crippen LogP contribution in [0.3, 0.4) is 0 Å². The van der Waals surface area contributed by atoms with Crippen molar-refractivity contribution in [1.29, 1.82) is 0 Å². The highest BCUT2D eigenvalue weighted by atomic mass is 16.3. The number of hydrogen-bond donors (Lipinski definition) is 2. The van der Waals surface area contributed by atoms with Crippen LogP contribution >= 0.6 is 0 Å². The number of hydrogen-bond acceptors (Lipinski definition) is 2. The normalized spacial score (nSPS) is 15.4. The van der Waals surface area contributed by atoms with E-state index in [1.165, 1.54) is 4.90 Å². The van der Waals surface area contributed by atoms with Gasteiger partial charge < -0.3 is 15.3 Å². The van der Waals surface area contributed by atoms with Crippen molar-refractivity contribution >= 4 is 6.03 Å². The first-order valence-corrected chi connectivity index (χ1v) is 3.61. The van der Waals surface area contributed by atoms with Crippen LogP contribution in [0, 0.1) is 0 Å². The summed E-state index contributed by atoms with van der Waals surface area (Å²) >= 11 is 0. The third-order valence-corrected chi connectivity index (χ3v) is 1.47. The highest BCUT2D eigenvalue weighted by Crippen LogP contribution is 2.02. The second-order valence-electron chi connectivity index (χ2n) is 2.95. The van der Waals surface area contributed by atoms with Crippen molar-refractivity contribution in [3.63, 3.8) is 0 Å². The lowest BCUT2D eigenvalue weighted by atomic mass is 10.2. The molecule has 0 rings (SSSR count). The maximum absolute atomic E-state index is 11.0. The van der Waals surface area contributed by atoms with Gasteiger partial charge in [0, 0.05) is 14.1 Å². The lowest BCUT2D eigenvalue weighted by molar-refractivity contribution is 0.0280. The molecule has 1 atom stereocenters. The van der Waals surface area contributed by atoms with E-state index in [0.29, 0.717) is 6.42 Å². The van der Waals surface area contributed by atoms with Crippen molar-refractivity contribution in [2.45, 2.75) is 26.0 Å². The van der Waals surface area contributed by atoms with Crippen molar-refractivity contribution in [2.24, 2.45) is 0 Å². The lowest BCUT2D eigenvalue weighted by Crippen LogP contribution is -2.49. The summed E-state index contributed by atoms with van der Waals surface area (Å²) in [4.78, 5) is 12.4. The minimum atomic E-state index is -1.10. The van der Waals surface area contributed by atoms with Gasteiger partial charge in [-0.05, 0) is 13.3 Å². The van der Waals surface area contributed by atoms with Gasteiger partial charge >= 0.3 is 6.03 Å². The fourth-order valence-corrected chi connectivity index (χ4v) is 0.431. The van der Waals surface area contributed by atoms with Crippen LogP contribution in [0.5, 0.6) is 0 Å². The SMILES string of the molecule is CCC(C)(O)NC(=O)N(C)C. The first kappa shape index (κ1) is 10.2. The Balaban J connectivity index is 3.94. The molecule has 0 aliphatic rings. The molecule has 4 nitrogen and oxygen atoms in total. The quantitative estimate of drug-likeness (QED) is 0.574. The Hall–Kier alpha value is -0.770. The molecule has 0 spiro atoms. The number of carbonyl (C=O) groups excluding carboxylic acids is 1. The fourth-order valence-electron chi connectivity index (χ4n) is 0.431. The van der Waals surface area contributed by atoms with E-state index in [1.807, 2.05) is 0 Å². The van der Waals surface area contributed by atoms with Crippen molar-refractivity contribution in [3.05, 3.63) is 0 Å². The molecule has 4 heteroatoms. The van der Waals surface area contributed by atoms with Crippen LogP contribution in [0.4, 0.5) is 4.79 Å². The van der Waals surface area contributed by atoms with Crippen molar-refractivity contribution in [2.75, 3.05) is 14.1 Å². The van der Waals surface area contributed by atoms with Crippen LogP contribution in [0.25, 0.3) is 0 Å². The summed E-state index contributed by atoms with van der Waals surface area (Å²) in [5.41, 5.74) is -1.10. The molecular weight excluding hydrogens is 144 g/mol. The Morgan fingerprint density at radius 3 is 2.36 bits per heavy atom. The molecule has 0 aromatic rings. The van der Waals surface area contributed by atoms with Gasteiger partial charge in [0.05, 0.1) is 0 Å². The average molecular weight is 160 g/mol. The summed E-state index contributed by atoms with van der Waals surface area (Å²) in [6, 6.07) is -0.281. The summed E-state index contributed by atoms with van der Waals surface area (Å²) in [5.74, 6) is 0. The molecule has 0 saturated heterocycles. The predicted molar refractivity (Wildman–Crippen MR) is 43.1 cm³/mol. The van der Waals surface area contributed by atoms with Crippen molar-refractivity contribution in [1.82, 2.24) is 10.2 Å². The molecule has 2 N–H and O–H groups in total. The number of urea groups is 1. The molecule has 2 amide bonds. The topological polar surface area (TPSA) is 52.6 Å². The zero-order chi connectivity index (χ0) is 9.07. The molecule has 0 saturated carbocycles. The number of aliphatic hydroxyl groups is 1. The maximum atomic E-state index is 11.0. The first-order valence-electron chi connectivity index (χ1n) is 3.61. The molecular formula is C7H16N2O2. The molecule has 0 aromatic heterocycles. The van der Waals surface area contributed by atoms with Gasteiger partial charge in [-0.1, -0.05) is 6.92 Å². The van der Waals surface area contributed by atoms with E-state index in [1.54, 1.807) is 27.9 Å². The molecule has 0 fully saturated rings. The highest BCUT2D eigenvalue weighted by Gasteiger charge is 2.20. The van der Waals surface area contributed by atoms with Crippen molar-refractivity contribution in [3.8, 4) is 0 Å². The minimum absolute atomic E-state index is 0.281. The number of nitrogens with zero attached hydrogens (tertiary/aromatic N) is 1. The molecule has 66 valence electrons. The molecule has 0 bridgehead atoms. The van der Waals surface area contributed by atoms with E-state index in [4.69, 9.17) is 0 Å². The van der Waals surface area contributed by atoms with Crippen LogP contribution in [-0.2, 0) is 0 Å². The summed E-state index contributed by atoms with van der Waals surface area (Å²) in [5, 5.41) is 11.8. The average Bonchev–Trinajstić information content (AvgIpc) is 1.87. The van der Waals surface area contributed by atoms with E-state index in [9.17, 15) is 9.90 Å². The Labute approximate surface area is 67.2 Å². The molecule has 1 unspecified atom stereocenters. The third kappa shape index (κ3) is 3.83. The highest BCUT2D eigenvalue weighted by molar-refractivity contribution is 5.74. The van der Waals surface area contributed by atoms with Gasteiger partial charge in [0.2, 0.25) is 0 Å². The van der Waals surface area contributed by atoms with E-state index in [-0.39, 0.29) is 6.03 Å². The molecule has 0 radical (unpaired) electrons. The van der Waals surface area contributed by atoms with Gasteiger partial charge in [-0.15, -0.1) is 0 Å². The number of rotatable bonds is 2. The van der Waals surface area contributed by atoms with Gasteiger partial charge in [-0.2, -0.15) is 0 Å². The van der Waals surface area contributed by atoms with E-state index < -0.39 is 5.72 Å². The number of amides is 2. The first-order chi connectivity index (χ1) is 4.89. The zero-order valence-corrected chi connectivity index (χ0v) is 7.51. The summed E-state index contributed by atoms with van der Waals surface area (Å²) in [6.45, 7) is 3.37. The molecule has 11 heavy (non-hydrogen) atoms. The van der Waals surface area contributed by atoms with Crippen molar-refractivity contribution < 1.29 is 9.90 Å². The van der Waals surface area contributed by atoms with Crippen LogP contribution < -0.4 is 5.32 Å². The monoisotopic (exact) mass is 160 g/mol. The Morgan fingerprint density at radius 2 is 2.09 bits per heavy atom. The summed E-state index contributed by atoms with van der Waals surface area (Å²) < 4.78 is 0. The van der Waals surface area contributed by atoms with Crippen LogP contribution in [-0.4, -0.2) is 35.9 Å². The lowest BCUT2D eigenvalue weighted by Gasteiger charge is -2.25. The van der Waals surface area contributed by atoms with Gasteiger partial charge in [-0.25, -0.2) is 4.79 Å². The van der Waals surface area contributed by atoms with Gasteiger partial charge in [-0.3, -0.25) is 0 Å². The molecule has 0 aromatic carbocycles. The van der Waals surface area contributed by atoms with Crippen LogP contribution in [0.1, 0.15) is 20.3 Å². The second kappa shape index (κ2) is 3.57. The smallest absolute Gasteiger partial charge is 0.319 e. The Morgan fingerprint density at radius 1 is 1.64 bits per heavy atom. The fraction of sp³-hybridized carbons (Fsp3) is 0.857. The maximum Gasteiger partial charge on any atom is 0.319 e. The Bertz CT molecular complexity index is 143. The second-order valence-corrected chi connectivity index (χ2v) is 2.95. The summed E-state index contributed by atoms with van der Waals surface area (Å²) in [6.07, 6.45) is 0.493. The number of carbonyl (C=O) groups is 1. The van der Waals surface area contributed by atoms with Gasteiger partial charge in [0.25, 0.3) is 0 Å². The Kier molecular flexibility index (Phi) is 3.32. The van der Waals surface area contributed by atoms with Gasteiger partial charge in [0.1, 0.15) is 5.72 Å². The summed E-state index contributed by atoms with van der Waals surface area (Å²) in [7, 11) is 3.25.